The van der Waals surface area contributed by atoms with E-state index in [1.165, 1.54) is 11.8 Å². The molecule has 3 amide bonds. The molecule has 4 atom stereocenters. The largest absolute Gasteiger partial charge is 0.427 e. The van der Waals surface area contributed by atoms with Crippen LogP contribution in [-0.2, 0) is 24.7 Å². The van der Waals surface area contributed by atoms with Crippen molar-refractivity contribution in [3.8, 4) is 5.75 Å². The van der Waals surface area contributed by atoms with Crippen molar-refractivity contribution in [3.63, 3.8) is 0 Å². The van der Waals surface area contributed by atoms with Crippen molar-refractivity contribution in [1.82, 2.24) is 4.90 Å². The van der Waals surface area contributed by atoms with Gasteiger partial charge in [-0.3, -0.25) is 24.1 Å². The van der Waals surface area contributed by atoms with Gasteiger partial charge in [0.1, 0.15) is 11.3 Å². The first-order chi connectivity index (χ1) is 15.9. The van der Waals surface area contributed by atoms with E-state index >= 15 is 0 Å². The Bertz CT molecular complexity index is 1250. The van der Waals surface area contributed by atoms with Crippen molar-refractivity contribution in [2.75, 3.05) is 16.8 Å². The summed E-state index contributed by atoms with van der Waals surface area (Å²) in [6.45, 7) is 1.93. The van der Waals surface area contributed by atoms with Gasteiger partial charge in [-0.15, -0.1) is 0 Å². The molecule has 3 fully saturated rings. The van der Waals surface area contributed by atoms with Gasteiger partial charge < -0.3 is 10.1 Å². The zero-order valence-electron chi connectivity index (χ0n) is 17.7. The number of carbonyl (C=O) groups excluding carboxylic acids is 4. The molecule has 0 saturated carbocycles. The second-order valence-corrected chi connectivity index (χ2v) is 9.30. The number of nitrogens with zero attached hydrogens (tertiary/aromatic N) is 2. The molecule has 0 radical (unpaired) electrons. The Morgan fingerprint density at radius 2 is 1.88 bits per heavy atom. The highest BCUT2D eigenvalue weighted by molar-refractivity contribution is 6.35. The van der Waals surface area contributed by atoms with E-state index in [-0.39, 0.29) is 17.9 Å². The van der Waals surface area contributed by atoms with Gasteiger partial charge in [-0.25, -0.2) is 4.90 Å². The monoisotopic (exact) mass is 465 g/mol. The van der Waals surface area contributed by atoms with Gasteiger partial charge in [0.05, 0.1) is 28.2 Å². The maximum atomic E-state index is 13.9. The van der Waals surface area contributed by atoms with E-state index in [0.717, 1.165) is 12.8 Å². The molecule has 33 heavy (non-hydrogen) atoms. The first-order valence-electron chi connectivity index (χ1n) is 10.9. The minimum Gasteiger partial charge on any atom is -0.427 e. The van der Waals surface area contributed by atoms with Crippen molar-refractivity contribution in [3.05, 3.63) is 53.1 Å². The lowest BCUT2D eigenvalue weighted by Gasteiger charge is -2.36. The number of halogens is 1. The van der Waals surface area contributed by atoms with Crippen LogP contribution in [0.2, 0.25) is 5.02 Å². The van der Waals surface area contributed by atoms with Crippen LogP contribution in [-0.4, -0.2) is 41.2 Å². The van der Waals surface area contributed by atoms with E-state index in [1.54, 1.807) is 36.4 Å². The minimum atomic E-state index is -1.26. The van der Waals surface area contributed by atoms with Crippen molar-refractivity contribution in [2.24, 2.45) is 11.8 Å². The van der Waals surface area contributed by atoms with Crippen LogP contribution in [0.15, 0.2) is 42.5 Å². The molecule has 4 heterocycles. The molecule has 0 aromatic heterocycles. The van der Waals surface area contributed by atoms with Gasteiger partial charge in [0.2, 0.25) is 11.8 Å². The summed E-state index contributed by atoms with van der Waals surface area (Å²) in [4.78, 5) is 55.6. The Morgan fingerprint density at radius 1 is 1.12 bits per heavy atom. The van der Waals surface area contributed by atoms with E-state index in [4.69, 9.17) is 16.3 Å². The van der Waals surface area contributed by atoms with Crippen LogP contribution in [0.5, 0.6) is 5.75 Å². The molecule has 1 spiro atoms. The number of rotatable bonds is 2. The predicted octanol–water partition coefficient (Wildman–Crippen LogP) is 2.70. The van der Waals surface area contributed by atoms with Crippen LogP contribution >= 0.6 is 11.6 Å². The van der Waals surface area contributed by atoms with Gasteiger partial charge in [0.25, 0.3) is 5.91 Å². The lowest BCUT2D eigenvalue weighted by molar-refractivity contribution is -0.135. The second-order valence-electron chi connectivity index (χ2n) is 8.89. The van der Waals surface area contributed by atoms with Gasteiger partial charge in [0, 0.05) is 18.5 Å². The van der Waals surface area contributed by atoms with Crippen LogP contribution in [0.4, 0.5) is 11.4 Å². The molecule has 8 nitrogen and oxygen atoms in total. The van der Waals surface area contributed by atoms with Crippen LogP contribution in [0, 0.1) is 11.8 Å². The van der Waals surface area contributed by atoms with Crippen LogP contribution in [0.25, 0.3) is 0 Å². The minimum absolute atomic E-state index is 0.201. The molecule has 2 aromatic carbocycles. The standard InChI is InChI=1S/C24H20ClN3O5/c1-12(29)33-14-9-7-13(8-10-14)28-21(30)18-17-6-3-11-27(17)24(19(18)22(28)31)15-4-2-5-16(25)20(15)26-23(24)32/h2,4-5,7-10,17-19H,3,6,11H2,1H3,(H,26,32). The molecule has 9 heteroatoms. The van der Waals surface area contributed by atoms with Crippen molar-refractivity contribution < 1.29 is 23.9 Å². The fraction of sp³-hybridized carbons (Fsp3) is 0.333. The average molecular weight is 466 g/mol. The van der Waals surface area contributed by atoms with E-state index < -0.39 is 29.3 Å². The molecular weight excluding hydrogens is 446 g/mol. The number of ether oxygens (including phenoxy) is 1. The van der Waals surface area contributed by atoms with Crippen molar-refractivity contribution in [2.45, 2.75) is 31.3 Å². The summed E-state index contributed by atoms with van der Waals surface area (Å²) in [5.41, 5.74) is 0.304. The number of anilines is 2. The molecular formula is C24H20ClN3O5. The molecule has 1 N–H and O–H groups in total. The Kier molecular flexibility index (Phi) is 4.25. The highest BCUT2D eigenvalue weighted by Gasteiger charge is 2.74. The molecule has 0 bridgehead atoms. The molecule has 168 valence electrons. The zero-order valence-corrected chi connectivity index (χ0v) is 18.5. The molecule has 4 aliphatic heterocycles. The normalized spacial score (nSPS) is 29.9. The summed E-state index contributed by atoms with van der Waals surface area (Å²) in [5.74, 6) is -2.61. The Balaban J connectivity index is 1.47. The summed E-state index contributed by atoms with van der Waals surface area (Å²) in [6, 6.07) is 11.3. The van der Waals surface area contributed by atoms with E-state index in [1.807, 2.05) is 6.07 Å². The number of fused-ring (bicyclic) bond motifs is 7. The van der Waals surface area contributed by atoms with Crippen molar-refractivity contribution in [1.29, 1.82) is 0 Å². The summed E-state index contributed by atoms with van der Waals surface area (Å²) in [7, 11) is 0. The Hall–Kier alpha value is -3.23. The zero-order chi connectivity index (χ0) is 23.1. The Morgan fingerprint density at radius 3 is 2.61 bits per heavy atom. The van der Waals surface area contributed by atoms with E-state index in [0.29, 0.717) is 34.3 Å². The van der Waals surface area contributed by atoms with Crippen LogP contribution in [0.1, 0.15) is 25.3 Å². The summed E-state index contributed by atoms with van der Waals surface area (Å²) in [6.07, 6.45) is 1.59. The number of hydrogen-bond donors (Lipinski definition) is 1. The summed E-state index contributed by atoms with van der Waals surface area (Å²) in [5, 5.41) is 3.31. The molecule has 4 unspecified atom stereocenters. The van der Waals surface area contributed by atoms with Gasteiger partial charge in [0.15, 0.2) is 0 Å². The number of amides is 3. The predicted molar refractivity (Wildman–Crippen MR) is 119 cm³/mol. The molecule has 0 aliphatic carbocycles. The second kappa shape index (κ2) is 6.88. The SMILES string of the molecule is CC(=O)Oc1ccc(N2C(=O)C3C4CCCN4C4(C(=O)Nc5c(Cl)cccc54)C3C2=O)cc1. The van der Waals surface area contributed by atoms with Gasteiger partial charge in [-0.1, -0.05) is 23.7 Å². The highest BCUT2D eigenvalue weighted by atomic mass is 35.5. The fourth-order valence-corrected chi connectivity index (χ4v) is 6.50. The van der Waals surface area contributed by atoms with Crippen LogP contribution in [0.3, 0.4) is 0 Å². The quantitative estimate of drug-likeness (QED) is 0.416. The third-order valence-electron chi connectivity index (χ3n) is 7.33. The van der Waals surface area contributed by atoms with Gasteiger partial charge >= 0.3 is 5.97 Å². The summed E-state index contributed by atoms with van der Waals surface area (Å²) < 4.78 is 5.06. The highest BCUT2D eigenvalue weighted by Crippen LogP contribution is 2.61. The average Bonchev–Trinajstić information content (AvgIpc) is 3.48. The number of esters is 1. The number of para-hydroxylation sites is 1. The third kappa shape index (κ3) is 2.50. The fourth-order valence-electron chi connectivity index (χ4n) is 6.28. The van der Waals surface area contributed by atoms with E-state index in [2.05, 4.69) is 10.2 Å². The Labute approximate surface area is 194 Å². The number of hydrogen-bond acceptors (Lipinski definition) is 6. The topological polar surface area (TPSA) is 96.0 Å². The van der Waals surface area contributed by atoms with Crippen LogP contribution < -0.4 is 15.0 Å². The van der Waals surface area contributed by atoms with Gasteiger partial charge in [-0.2, -0.15) is 0 Å². The number of benzene rings is 2. The smallest absolute Gasteiger partial charge is 0.308 e. The number of nitrogens with one attached hydrogen (secondary N) is 1. The maximum absolute atomic E-state index is 13.9. The first kappa shape index (κ1) is 20.4. The van der Waals surface area contributed by atoms with Crippen molar-refractivity contribution >= 4 is 46.7 Å². The first-order valence-corrected chi connectivity index (χ1v) is 11.3. The molecule has 6 rings (SSSR count). The lowest BCUT2D eigenvalue weighted by Crippen LogP contribution is -2.54. The summed E-state index contributed by atoms with van der Waals surface area (Å²) >= 11 is 6.39. The van der Waals surface area contributed by atoms with E-state index in [9.17, 15) is 19.2 Å². The molecule has 3 saturated heterocycles. The maximum Gasteiger partial charge on any atom is 0.308 e. The molecule has 4 aliphatic rings. The third-order valence-corrected chi connectivity index (χ3v) is 7.65. The number of carbonyl (C=O) groups is 4. The lowest BCUT2D eigenvalue weighted by atomic mass is 9.75. The van der Waals surface area contributed by atoms with Gasteiger partial charge in [-0.05, 0) is 49.7 Å². The number of imide groups is 1. The molecule has 2 aromatic rings.